The van der Waals surface area contributed by atoms with Crippen LogP contribution in [0.3, 0.4) is 0 Å². The van der Waals surface area contributed by atoms with E-state index in [1.54, 1.807) is 6.08 Å². The van der Waals surface area contributed by atoms with Crippen molar-refractivity contribution in [2.24, 2.45) is 0 Å². The van der Waals surface area contributed by atoms with Crippen molar-refractivity contribution >= 4 is 11.9 Å². The summed E-state index contributed by atoms with van der Waals surface area (Å²) in [5, 5.41) is 5.53. The molecule has 0 aromatic heterocycles. The highest BCUT2D eigenvalue weighted by atomic mass is 16.5. The summed E-state index contributed by atoms with van der Waals surface area (Å²) < 4.78 is 9.87. The highest BCUT2D eigenvalue weighted by Gasteiger charge is 2.19. The maximum Gasteiger partial charge on any atom is 0.329 e. The molecule has 0 spiro atoms. The first-order chi connectivity index (χ1) is 8.61. The Balaban J connectivity index is 3.72. The van der Waals surface area contributed by atoms with E-state index in [0.717, 1.165) is 6.42 Å². The van der Waals surface area contributed by atoms with Gasteiger partial charge in [-0.3, -0.25) is 4.79 Å². The van der Waals surface area contributed by atoms with Crippen LogP contribution in [0.25, 0.3) is 0 Å². The molecule has 0 saturated carbocycles. The number of methoxy groups -OCH3 is 1. The van der Waals surface area contributed by atoms with Gasteiger partial charge in [-0.25, -0.2) is 4.79 Å². The number of carbonyl (C=O) groups excluding carboxylic acids is 2. The molecule has 0 aliphatic rings. The van der Waals surface area contributed by atoms with E-state index in [0.29, 0.717) is 26.3 Å². The highest BCUT2D eigenvalue weighted by Crippen LogP contribution is 1.87. The Kier molecular flexibility index (Phi) is 9.90. The zero-order chi connectivity index (χ0) is 13.8. The van der Waals surface area contributed by atoms with E-state index in [-0.39, 0.29) is 5.91 Å². The molecule has 2 N–H and O–H groups in total. The van der Waals surface area contributed by atoms with Gasteiger partial charge in [0.2, 0.25) is 5.91 Å². The third kappa shape index (κ3) is 8.72. The van der Waals surface area contributed by atoms with Crippen LogP contribution in [0, 0.1) is 0 Å². The van der Waals surface area contributed by atoms with E-state index >= 15 is 0 Å². The van der Waals surface area contributed by atoms with Gasteiger partial charge in [0.25, 0.3) is 0 Å². The summed E-state index contributed by atoms with van der Waals surface area (Å²) in [5.41, 5.74) is 0. The van der Waals surface area contributed by atoms with Crippen molar-refractivity contribution < 1.29 is 19.1 Å². The molecule has 1 atom stereocenters. The third-order valence-corrected chi connectivity index (χ3v) is 2.10. The fourth-order valence-corrected chi connectivity index (χ4v) is 1.24. The minimum atomic E-state index is -0.666. The molecular weight excluding hydrogens is 236 g/mol. The molecule has 0 fully saturated rings. The molecule has 0 aliphatic heterocycles. The number of carbonyl (C=O) groups is 2. The summed E-state index contributed by atoms with van der Waals surface area (Å²) in [6.45, 7) is 7.04. The Labute approximate surface area is 108 Å². The van der Waals surface area contributed by atoms with Crippen LogP contribution in [0.2, 0.25) is 0 Å². The van der Waals surface area contributed by atoms with Gasteiger partial charge in [-0.1, -0.05) is 6.08 Å². The Bertz CT molecular complexity index is 269. The summed E-state index contributed by atoms with van der Waals surface area (Å²) in [7, 11) is 1.29. The van der Waals surface area contributed by atoms with Crippen LogP contribution < -0.4 is 10.6 Å². The summed E-state index contributed by atoms with van der Waals surface area (Å²) in [6.07, 6.45) is 2.61. The average molecular weight is 258 g/mol. The van der Waals surface area contributed by atoms with Crippen LogP contribution in [0.15, 0.2) is 12.7 Å². The van der Waals surface area contributed by atoms with Crippen LogP contribution in [0.5, 0.6) is 0 Å². The van der Waals surface area contributed by atoms with Gasteiger partial charge >= 0.3 is 5.97 Å². The molecule has 0 bridgehead atoms. The van der Waals surface area contributed by atoms with Crippen molar-refractivity contribution in [2.45, 2.75) is 19.4 Å². The minimum Gasteiger partial charge on any atom is -0.467 e. The van der Waals surface area contributed by atoms with Gasteiger partial charge in [0, 0.05) is 20.0 Å². The molecule has 0 radical (unpaired) electrons. The van der Waals surface area contributed by atoms with E-state index in [1.165, 1.54) is 14.0 Å². The fourth-order valence-electron chi connectivity index (χ4n) is 1.24. The Morgan fingerprint density at radius 1 is 1.39 bits per heavy atom. The quantitative estimate of drug-likeness (QED) is 0.324. The van der Waals surface area contributed by atoms with E-state index in [2.05, 4.69) is 21.9 Å². The lowest BCUT2D eigenvalue weighted by atomic mass is 10.3. The standard InChI is InChI=1S/C12H22N2O4/c1-4-5-7-18-8-6-13-9-11(12(16)17-3)14-10(2)15/h4,11,13H,1,5-9H2,2-3H3,(H,14,15). The van der Waals surface area contributed by atoms with Gasteiger partial charge in [-0.05, 0) is 6.42 Å². The molecule has 1 unspecified atom stereocenters. The van der Waals surface area contributed by atoms with E-state index in [4.69, 9.17) is 4.74 Å². The Hall–Kier alpha value is -1.40. The second-order valence-electron chi connectivity index (χ2n) is 3.67. The van der Waals surface area contributed by atoms with Crippen molar-refractivity contribution in [2.75, 3.05) is 33.4 Å². The maximum atomic E-state index is 11.3. The topological polar surface area (TPSA) is 76.7 Å². The maximum absolute atomic E-state index is 11.3. The third-order valence-electron chi connectivity index (χ3n) is 2.10. The van der Waals surface area contributed by atoms with Crippen LogP contribution in [0.4, 0.5) is 0 Å². The number of nitrogens with one attached hydrogen (secondary N) is 2. The highest BCUT2D eigenvalue weighted by molar-refractivity contribution is 5.83. The molecule has 0 heterocycles. The first-order valence-corrected chi connectivity index (χ1v) is 5.86. The van der Waals surface area contributed by atoms with Crippen molar-refractivity contribution in [3.63, 3.8) is 0 Å². The zero-order valence-electron chi connectivity index (χ0n) is 11.0. The SMILES string of the molecule is C=CCCOCCNCC(NC(C)=O)C(=O)OC. The van der Waals surface area contributed by atoms with Crippen LogP contribution in [-0.2, 0) is 19.1 Å². The second-order valence-corrected chi connectivity index (χ2v) is 3.67. The number of ether oxygens (including phenoxy) is 2. The number of rotatable bonds is 10. The van der Waals surface area contributed by atoms with Crippen molar-refractivity contribution in [1.82, 2.24) is 10.6 Å². The van der Waals surface area contributed by atoms with Gasteiger partial charge in [-0.2, -0.15) is 0 Å². The predicted octanol–water partition coefficient (Wildman–Crippen LogP) is -0.154. The van der Waals surface area contributed by atoms with Gasteiger partial charge in [0.15, 0.2) is 0 Å². The molecule has 0 aromatic rings. The van der Waals surface area contributed by atoms with Gasteiger partial charge in [-0.15, -0.1) is 6.58 Å². The molecule has 1 amide bonds. The lowest BCUT2D eigenvalue weighted by Crippen LogP contribution is -2.47. The summed E-state index contributed by atoms with van der Waals surface area (Å²) in [4.78, 5) is 22.2. The number of hydrogen-bond acceptors (Lipinski definition) is 5. The van der Waals surface area contributed by atoms with Gasteiger partial charge in [0.1, 0.15) is 6.04 Å². The largest absolute Gasteiger partial charge is 0.467 e. The molecule has 0 rings (SSSR count). The zero-order valence-corrected chi connectivity index (χ0v) is 11.0. The molecule has 0 saturated heterocycles. The first-order valence-electron chi connectivity index (χ1n) is 5.86. The summed E-state index contributed by atoms with van der Waals surface area (Å²) in [6, 6.07) is -0.666. The molecule has 0 aromatic carbocycles. The molecule has 6 heteroatoms. The van der Waals surface area contributed by atoms with E-state index in [9.17, 15) is 9.59 Å². The van der Waals surface area contributed by atoms with Crippen molar-refractivity contribution in [1.29, 1.82) is 0 Å². The number of esters is 1. The van der Waals surface area contributed by atoms with Crippen LogP contribution >= 0.6 is 0 Å². The molecule has 104 valence electrons. The predicted molar refractivity (Wildman–Crippen MR) is 68.1 cm³/mol. The molecule has 6 nitrogen and oxygen atoms in total. The Morgan fingerprint density at radius 3 is 2.67 bits per heavy atom. The lowest BCUT2D eigenvalue weighted by Gasteiger charge is -2.16. The molecule has 18 heavy (non-hydrogen) atoms. The van der Waals surface area contributed by atoms with Crippen molar-refractivity contribution in [3.8, 4) is 0 Å². The van der Waals surface area contributed by atoms with Crippen LogP contribution in [-0.4, -0.2) is 51.3 Å². The lowest BCUT2D eigenvalue weighted by molar-refractivity contribution is -0.144. The van der Waals surface area contributed by atoms with E-state index in [1.807, 2.05) is 0 Å². The smallest absolute Gasteiger partial charge is 0.329 e. The average Bonchev–Trinajstić information content (AvgIpc) is 2.34. The fraction of sp³-hybridized carbons (Fsp3) is 0.667. The Morgan fingerprint density at radius 2 is 2.11 bits per heavy atom. The number of amides is 1. The van der Waals surface area contributed by atoms with Crippen LogP contribution in [0.1, 0.15) is 13.3 Å². The molecule has 0 aliphatic carbocycles. The monoisotopic (exact) mass is 258 g/mol. The van der Waals surface area contributed by atoms with E-state index < -0.39 is 12.0 Å². The summed E-state index contributed by atoms with van der Waals surface area (Å²) >= 11 is 0. The number of hydrogen-bond donors (Lipinski definition) is 2. The van der Waals surface area contributed by atoms with Crippen molar-refractivity contribution in [3.05, 3.63) is 12.7 Å². The second kappa shape index (κ2) is 10.7. The normalized spacial score (nSPS) is 11.7. The summed E-state index contributed by atoms with van der Waals surface area (Å²) in [5.74, 6) is -0.736. The van der Waals surface area contributed by atoms with Gasteiger partial charge in [0.05, 0.1) is 20.3 Å². The first kappa shape index (κ1) is 16.6. The molecular formula is C12H22N2O4. The van der Waals surface area contributed by atoms with Gasteiger partial charge < -0.3 is 20.1 Å². The minimum absolute atomic E-state index is 0.269.